The zero-order chi connectivity index (χ0) is 13.1. The van der Waals surface area contributed by atoms with E-state index in [1.807, 2.05) is 0 Å². The second-order valence-corrected chi connectivity index (χ2v) is 4.97. The van der Waals surface area contributed by atoms with Gasteiger partial charge in [0.15, 0.2) is 0 Å². The Balaban J connectivity index is 1.98. The van der Waals surface area contributed by atoms with Crippen LogP contribution in [0, 0.1) is 5.92 Å². The number of hydrogen-bond acceptors (Lipinski definition) is 5. The van der Waals surface area contributed by atoms with Gasteiger partial charge in [0, 0.05) is 25.2 Å². The molecular weight excluding hydrogens is 236 g/mol. The number of esters is 1. The van der Waals surface area contributed by atoms with Crippen LogP contribution >= 0.6 is 0 Å². The van der Waals surface area contributed by atoms with Gasteiger partial charge in [-0.2, -0.15) is 0 Å². The van der Waals surface area contributed by atoms with Gasteiger partial charge in [0.2, 0.25) is 0 Å². The first-order valence-corrected chi connectivity index (χ1v) is 6.30. The lowest BCUT2D eigenvalue weighted by Crippen LogP contribution is -2.53. The average Bonchev–Trinajstić information content (AvgIpc) is 3.20. The van der Waals surface area contributed by atoms with Crippen LogP contribution in [-0.2, 0) is 14.3 Å². The summed E-state index contributed by atoms with van der Waals surface area (Å²) in [6.07, 6.45) is 2.69. The summed E-state index contributed by atoms with van der Waals surface area (Å²) in [6.45, 7) is 0.971. The van der Waals surface area contributed by atoms with Crippen LogP contribution in [0.25, 0.3) is 0 Å². The minimum atomic E-state index is -0.383. The molecule has 1 aliphatic carbocycles. The van der Waals surface area contributed by atoms with E-state index >= 15 is 0 Å². The summed E-state index contributed by atoms with van der Waals surface area (Å²) in [7, 11) is 2.73. The van der Waals surface area contributed by atoms with Crippen LogP contribution in [-0.4, -0.2) is 56.4 Å². The van der Waals surface area contributed by atoms with Crippen LogP contribution in [0.4, 0.5) is 4.79 Å². The van der Waals surface area contributed by atoms with Crippen molar-refractivity contribution in [2.45, 2.75) is 31.3 Å². The maximum Gasteiger partial charge on any atom is 0.409 e. The third kappa shape index (κ3) is 3.13. The van der Waals surface area contributed by atoms with E-state index in [0.29, 0.717) is 19.1 Å². The van der Waals surface area contributed by atoms with Crippen LogP contribution in [0.3, 0.4) is 0 Å². The molecule has 2 rings (SSSR count). The van der Waals surface area contributed by atoms with Crippen LogP contribution < -0.4 is 5.32 Å². The van der Waals surface area contributed by atoms with Gasteiger partial charge in [-0.05, 0) is 19.3 Å². The summed E-state index contributed by atoms with van der Waals surface area (Å²) in [5, 5.41) is 3.45. The molecule has 1 aliphatic heterocycles. The normalized spacial score (nSPS) is 27.8. The number of nitrogens with zero attached hydrogens (tertiary/aromatic N) is 1. The Hall–Kier alpha value is -1.30. The van der Waals surface area contributed by atoms with E-state index in [1.54, 1.807) is 4.90 Å². The molecule has 2 atom stereocenters. The van der Waals surface area contributed by atoms with Gasteiger partial charge in [-0.3, -0.25) is 4.79 Å². The summed E-state index contributed by atoms with van der Waals surface area (Å²) in [5.74, 6) is -0.523. The Kier molecular flexibility index (Phi) is 4.06. The molecular formula is C12H20N2O4. The monoisotopic (exact) mass is 256 g/mol. The van der Waals surface area contributed by atoms with Crippen molar-refractivity contribution in [2.75, 3.05) is 27.3 Å². The smallest absolute Gasteiger partial charge is 0.409 e. The van der Waals surface area contributed by atoms with E-state index in [9.17, 15) is 9.59 Å². The average molecular weight is 256 g/mol. The minimum Gasteiger partial charge on any atom is -0.469 e. The molecule has 102 valence electrons. The van der Waals surface area contributed by atoms with Crippen molar-refractivity contribution in [3.05, 3.63) is 0 Å². The van der Waals surface area contributed by atoms with Gasteiger partial charge in [0.1, 0.15) is 0 Å². The van der Waals surface area contributed by atoms with Gasteiger partial charge in [0.05, 0.1) is 20.1 Å². The van der Waals surface area contributed by atoms with Gasteiger partial charge in [-0.1, -0.05) is 0 Å². The zero-order valence-corrected chi connectivity index (χ0v) is 10.8. The minimum absolute atomic E-state index is 0.148. The van der Waals surface area contributed by atoms with Crippen molar-refractivity contribution >= 4 is 12.1 Å². The van der Waals surface area contributed by atoms with Crippen LogP contribution in [0.15, 0.2) is 0 Å². The van der Waals surface area contributed by atoms with Crippen LogP contribution in [0.5, 0.6) is 0 Å². The topological polar surface area (TPSA) is 67.9 Å². The Morgan fingerprint density at radius 2 is 1.83 bits per heavy atom. The van der Waals surface area contributed by atoms with Crippen LogP contribution in [0.2, 0.25) is 0 Å². The number of carbonyl (C=O) groups excluding carboxylic acids is 2. The molecule has 0 spiro atoms. The van der Waals surface area contributed by atoms with Crippen molar-refractivity contribution in [1.29, 1.82) is 0 Å². The Morgan fingerprint density at radius 1 is 1.11 bits per heavy atom. The maximum atomic E-state index is 11.6. The Labute approximate surface area is 107 Å². The summed E-state index contributed by atoms with van der Waals surface area (Å²) in [5.41, 5.74) is 0. The highest BCUT2D eigenvalue weighted by molar-refractivity contribution is 5.74. The molecule has 1 saturated heterocycles. The fourth-order valence-corrected chi connectivity index (χ4v) is 2.42. The van der Waals surface area contributed by atoms with Gasteiger partial charge >= 0.3 is 12.1 Å². The van der Waals surface area contributed by atoms with Gasteiger partial charge < -0.3 is 19.7 Å². The lowest BCUT2D eigenvalue weighted by molar-refractivity contribution is -0.147. The second-order valence-electron chi connectivity index (χ2n) is 4.97. The molecule has 2 aliphatic rings. The van der Waals surface area contributed by atoms with Crippen LogP contribution in [0.1, 0.15) is 19.3 Å². The predicted octanol–water partition coefficient (Wildman–Crippen LogP) is 0.368. The molecule has 0 aromatic heterocycles. The molecule has 0 aromatic rings. The van der Waals surface area contributed by atoms with E-state index in [-0.39, 0.29) is 24.0 Å². The molecule has 1 amide bonds. The molecule has 6 heteroatoms. The number of likely N-dealkylation sites (tertiary alicyclic amines) is 1. The molecule has 2 fully saturated rings. The molecule has 6 nitrogen and oxygen atoms in total. The molecule has 1 heterocycles. The number of piperidine rings is 1. The standard InChI is InChI=1S/C12H20N2O4/c1-17-11(15)8-5-10(13-9-3-4-9)7-14(6-8)12(16)18-2/h8-10,13H,3-7H2,1-2H3. The van der Waals surface area contributed by atoms with Crippen molar-refractivity contribution in [3.63, 3.8) is 0 Å². The summed E-state index contributed by atoms with van der Waals surface area (Å²) < 4.78 is 9.50. The number of carbonyl (C=O) groups is 2. The number of rotatable bonds is 3. The number of methoxy groups -OCH3 is 2. The first-order chi connectivity index (χ1) is 8.63. The van der Waals surface area contributed by atoms with E-state index in [2.05, 4.69) is 5.32 Å². The first kappa shape index (κ1) is 13.1. The van der Waals surface area contributed by atoms with E-state index in [4.69, 9.17) is 9.47 Å². The van der Waals surface area contributed by atoms with E-state index in [1.165, 1.54) is 27.1 Å². The maximum absolute atomic E-state index is 11.6. The third-order valence-corrected chi connectivity index (χ3v) is 3.47. The number of hydrogen-bond donors (Lipinski definition) is 1. The van der Waals surface area contributed by atoms with Gasteiger partial charge in [0.25, 0.3) is 0 Å². The molecule has 1 N–H and O–H groups in total. The van der Waals surface area contributed by atoms with Gasteiger partial charge in [-0.25, -0.2) is 4.79 Å². The van der Waals surface area contributed by atoms with Crippen molar-refractivity contribution < 1.29 is 19.1 Å². The van der Waals surface area contributed by atoms with Crippen molar-refractivity contribution in [3.8, 4) is 0 Å². The second kappa shape index (κ2) is 5.56. The third-order valence-electron chi connectivity index (χ3n) is 3.47. The Bertz CT molecular complexity index is 306. The summed E-state index contributed by atoms with van der Waals surface area (Å²) in [4.78, 5) is 24.8. The lowest BCUT2D eigenvalue weighted by Gasteiger charge is -2.36. The fourth-order valence-electron chi connectivity index (χ4n) is 2.42. The predicted molar refractivity (Wildman–Crippen MR) is 64.0 cm³/mol. The largest absolute Gasteiger partial charge is 0.469 e. The van der Waals surface area contributed by atoms with E-state index < -0.39 is 0 Å². The highest BCUT2D eigenvalue weighted by Crippen LogP contribution is 2.24. The fraction of sp³-hybridized carbons (Fsp3) is 0.833. The molecule has 2 unspecified atom stereocenters. The van der Waals surface area contributed by atoms with E-state index in [0.717, 1.165) is 6.42 Å². The lowest BCUT2D eigenvalue weighted by atomic mass is 9.94. The summed E-state index contributed by atoms with van der Waals surface area (Å²) in [6, 6.07) is 0.695. The van der Waals surface area contributed by atoms with Crippen molar-refractivity contribution in [2.24, 2.45) is 5.92 Å². The number of amides is 1. The van der Waals surface area contributed by atoms with Gasteiger partial charge in [-0.15, -0.1) is 0 Å². The highest BCUT2D eigenvalue weighted by atomic mass is 16.5. The number of ether oxygens (including phenoxy) is 2. The molecule has 1 saturated carbocycles. The Morgan fingerprint density at radius 3 is 2.39 bits per heavy atom. The quantitative estimate of drug-likeness (QED) is 0.739. The number of nitrogens with one attached hydrogen (secondary N) is 1. The summed E-state index contributed by atoms with van der Waals surface area (Å²) >= 11 is 0. The first-order valence-electron chi connectivity index (χ1n) is 6.30. The SMILES string of the molecule is COC(=O)C1CC(NC2CC2)CN(C(=O)OC)C1. The zero-order valence-electron chi connectivity index (χ0n) is 10.8. The molecule has 0 bridgehead atoms. The molecule has 0 radical (unpaired) electrons. The van der Waals surface area contributed by atoms with Crippen molar-refractivity contribution in [1.82, 2.24) is 10.2 Å². The molecule has 0 aromatic carbocycles. The molecule has 18 heavy (non-hydrogen) atoms. The highest BCUT2D eigenvalue weighted by Gasteiger charge is 2.36.